The van der Waals surface area contributed by atoms with Gasteiger partial charge in [-0.15, -0.1) is 11.3 Å². The van der Waals surface area contributed by atoms with Crippen molar-refractivity contribution >= 4 is 34.5 Å². The van der Waals surface area contributed by atoms with Gasteiger partial charge in [0.05, 0.1) is 4.88 Å². The predicted molar refractivity (Wildman–Crippen MR) is 94.5 cm³/mol. The summed E-state index contributed by atoms with van der Waals surface area (Å²) in [6.45, 7) is 0.268. The average Bonchev–Trinajstić information content (AvgIpc) is 3.02. The minimum Gasteiger partial charge on any atom is -0.489 e. The molecule has 0 saturated heterocycles. The van der Waals surface area contributed by atoms with Crippen LogP contribution in [0.2, 0.25) is 5.02 Å². The van der Waals surface area contributed by atoms with Gasteiger partial charge in [0.25, 0.3) is 5.91 Å². The number of anilines is 1. The quantitative estimate of drug-likeness (QED) is 0.663. The first-order valence-corrected chi connectivity index (χ1v) is 8.38. The number of benzene rings is 2. The van der Waals surface area contributed by atoms with Gasteiger partial charge in [-0.25, -0.2) is 4.39 Å². The lowest BCUT2D eigenvalue weighted by molar-refractivity contribution is 0.103. The topological polar surface area (TPSA) is 38.3 Å². The maximum atomic E-state index is 13.1. The van der Waals surface area contributed by atoms with Crippen molar-refractivity contribution in [2.75, 3.05) is 5.32 Å². The average molecular weight is 362 g/mol. The van der Waals surface area contributed by atoms with Gasteiger partial charge < -0.3 is 10.1 Å². The summed E-state index contributed by atoms with van der Waals surface area (Å²) in [6, 6.07) is 14.7. The molecule has 2 aromatic carbocycles. The van der Waals surface area contributed by atoms with E-state index in [1.54, 1.807) is 42.5 Å². The molecule has 0 aliphatic rings. The van der Waals surface area contributed by atoms with E-state index < -0.39 is 0 Å². The van der Waals surface area contributed by atoms with Gasteiger partial charge in [-0.1, -0.05) is 23.7 Å². The summed E-state index contributed by atoms with van der Waals surface area (Å²) >= 11 is 7.22. The number of thiophene rings is 1. The van der Waals surface area contributed by atoms with E-state index in [1.165, 1.54) is 23.5 Å². The van der Waals surface area contributed by atoms with Gasteiger partial charge in [0.1, 0.15) is 18.2 Å². The van der Waals surface area contributed by atoms with Crippen molar-refractivity contribution in [1.82, 2.24) is 0 Å². The van der Waals surface area contributed by atoms with E-state index >= 15 is 0 Å². The van der Waals surface area contributed by atoms with Crippen molar-refractivity contribution in [3.63, 3.8) is 0 Å². The SMILES string of the molecule is O=C(Nc1cccc(Cl)c1)c1cc(COc2cccc(F)c2)cs1. The molecule has 122 valence electrons. The Labute approximate surface area is 147 Å². The standard InChI is InChI=1S/C18H13ClFNO2S/c19-13-3-1-5-15(8-13)21-18(22)17-7-12(11-24-17)10-23-16-6-2-4-14(20)9-16/h1-9,11H,10H2,(H,21,22). The van der Waals surface area contributed by atoms with E-state index in [2.05, 4.69) is 5.32 Å². The molecule has 1 aromatic heterocycles. The molecule has 3 rings (SSSR count). The Hall–Kier alpha value is -2.37. The molecule has 6 heteroatoms. The monoisotopic (exact) mass is 361 g/mol. The summed E-state index contributed by atoms with van der Waals surface area (Å²) < 4.78 is 18.6. The van der Waals surface area contributed by atoms with Crippen LogP contribution in [0, 0.1) is 5.82 Å². The highest BCUT2D eigenvalue weighted by molar-refractivity contribution is 7.12. The first-order valence-electron chi connectivity index (χ1n) is 7.13. The lowest BCUT2D eigenvalue weighted by atomic mass is 10.3. The van der Waals surface area contributed by atoms with E-state index in [0.29, 0.717) is 21.3 Å². The number of halogens is 2. The van der Waals surface area contributed by atoms with E-state index in [-0.39, 0.29) is 18.3 Å². The number of carbonyl (C=O) groups excluding carboxylic acids is 1. The van der Waals surface area contributed by atoms with Crippen molar-refractivity contribution in [2.45, 2.75) is 6.61 Å². The number of amides is 1. The fourth-order valence-corrected chi connectivity index (χ4v) is 3.03. The summed E-state index contributed by atoms with van der Waals surface area (Å²) in [6.07, 6.45) is 0. The minimum atomic E-state index is -0.348. The Kier molecular flexibility index (Phi) is 5.13. The summed E-state index contributed by atoms with van der Waals surface area (Å²) in [5.74, 6) is -0.107. The van der Waals surface area contributed by atoms with Crippen molar-refractivity contribution in [3.8, 4) is 5.75 Å². The third-order valence-electron chi connectivity index (χ3n) is 3.16. The first kappa shape index (κ1) is 16.5. The third kappa shape index (κ3) is 4.34. The van der Waals surface area contributed by atoms with Crippen LogP contribution in [-0.2, 0) is 6.61 Å². The van der Waals surface area contributed by atoms with E-state index in [4.69, 9.17) is 16.3 Å². The van der Waals surface area contributed by atoms with Crippen LogP contribution in [0.5, 0.6) is 5.75 Å². The van der Waals surface area contributed by atoms with Gasteiger partial charge in [0, 0.05) is 22.3 Å². The van der Waals surface area contributed by atoms with Gasteiger partial charge in [0.2, 0.25) is 0 Å². The molecule has 0 bridgehead atoms. The Balaban J connectivity index is 1.61. The fraction of sp³-hybridized carbons (Fsp3) is 0.0556. The number of carbonyl (C=O) groups is 1. The van der Waals surface area contributed by atoms with Gasteiger partial charge in [0.15, 0.2) is 0 Å². The van der Waals surface area contributed by atoms with Crippen molar-refractivity contribution in [2.24, 2.45) is 0 Å². The first-order chi connectivity index (χ1) is 11.6. The van der Waals surface area contributed by atoms with Crippen molar-refractivity contribution in [3.05, 3.63) is 81.3 Å². The Morgan fingerprint density at radius 3 is 2.79 bits per heavy atom. The second kappa shape index (κ2) is 7.47. The van der Waals surface area contributed by atoms with Crippen LogP contribution in [0.3, 0.4) is 0 Å². The Bertz CT molecular complexity index is 865. The number of nitrogens with one attached hydrogen (secondary N) is 1. The number of rotatable bonds is 5. The molecule has 24 heavy (non-hydrogen) atoms. The predicted octanol–water partition coefficient (Wildman–Crippen LogP) is 5.37. The molecule has 0 atom stereocenters. The maximum absolute atomic E-state index is 13.1. The lowest BCUT2D eigenvalue weighted by Gasteiger charge is -2.04. The van der Waals surface area contributed by atoms with E-state index in [9.17, 15) is 9.18 Å². The minimum absolute atomic E-state index is 0.209. The normalized spacial score (nSPS) is 10.4. The van der Waals surface area contributed by atoms with Crippen molar-refractivity contribution in [1.29, 1.82) is 0 Å². The van der Waals surface area contributed by atoms with Crippen molar-refractivity contribution < 1.29 is 13.9 Å². The molecule has 0 radical (unpaired) electrons. The van der Waals surface area contributed by atoms with Crippen LogP contribution >= 0.6 is 22.9 Å². The zero-order valence-electron chi connectivity index (χ0n) is 12.5. The highest BCUT2D eigenvalue weighted by atomic mass is 35.5. The van der Waals surface area contributed by atoms with Crippen LogP contribution in [-0.4, -0.2) is 5.91 Å². The molecule has 3 aromatic rings. The van der Waals surface area contributed by atoms with Crippen LogP contribution in [0.25, 0.3) is 0 Å². The molecule has 0 fully saturated rings. The molecule has 0 spiro atoms. The summed E-state index contributed by atoms with van der Waals surface area (Å²) in [7, 11) is 0. The van der Waals surface area contributed by atoms with Crippen LogP contribution < -0.4 is 10.1 Å². The third-order valence-corrected chi connectivity index (χ3v) is 4.37. The zero-order chi connectivity index (χ0) is 16.9. The smallest absolute Gasteiger partial charge is 0.265 e. The maximum Gasteiger partial charge on any atom is 0.265 e. The largest absolute Gasteiger partial charge is 0.489 e. The van der Waals surface area contributed by atoms with Gasteiger partial charge >= 0.3 is 0 Å². The molecule has 1 heterocycles. The molecule has 0 aliphatic carbocycles. The second-order valence-electron chi connectivity index (χ2n) is 5.03. The van der Waals surface area contributed by atoms with E-state index in [0.717, 1.165) is 5.56 Å². The molecule has 0 aliphatic heterocycles. The van der Waals surface area contributed by atoms with Gasteiger partial charge in [-0.3, -0.25) is 4.79 Å². The van der Waals surface area contributed by atoms with Gasteiger partial charge in [-0.2, -0.15) is 0 Å². The zero-order valence-corrected chi connectivity index (χ0v) is 14.0. The van der Waals surface area contributed by atoms with Crippen LogP contribution in [0.4, 0.5) is 10.1 Å². The highest BCUT2D eigenvalue weighted by Gasteiger charge is 2.10. The number of hydrogen-bond acceptors (Lipinski definition) is 3. The van der Waals surface area contributed by atoms with Gasteiger partial charge in [-0.05, 0) is 41.8 Å². The van der Waals surface area contributed by atoms with E-state index in [1.807, 2.05) is 5.38 Å². The molecule has 0 unspecified atom stereocenters. The molecular formula is C18H13ClFNO2S. The van der Waals surface area contributed by atoms with Crippen LogP contribution in [0.1, 0.15) is 15.2 Å². The second-order valence-corrected chi connectivity index (χ2v) is 6.38. The summed E-state index contributed by atoms with van der Waals surface area (Å²) in [4.78, 5) is 12.8. The molecular weight excluding hydrogens is 349 g/mol. The summed E-state index contributed by atoms with van der Waals surface area (Å²) in [5.41, 5.74) is 1.49. The fourth-order valence-electron chi connectivity index (χ4n) is 2.05. The Morgan fingerprint density at radius 1 is 1.17 bits per heavy atom. The molecule has 1 N–H and O–H groups in total. The molecule has 1 amide bonds. The lowest BCUT2D eigenvalue weighted by Crippen LogP contribution is -2.10. The highest BCUT2D eigenvalue weighted by Crippen LogP contribution is 2.21. The molecule has 3 nitrogen and oxygen atoms in total. The van der Waals surface area contributed by atoms with Crippen LogP contribution in [0.15, 0.2) is 60.0 Å². The number of hydrogen-bond donors (Lipinski definition) is 1. The Morgan fingerprint density at radius 2 is 2.00 bits per heavy atom. The number of ether oxygens (including phenoxy) is 1. The summed E-state index contributed by atoms with van der Waals surface area (Å²) in [5, 5.41) is 5.19. The molecule has 0 saturated carbocycles.